The van der Waals surface area contributed by atoms with Gasteiger partial charge < -0.3 is 10.1 Å². The van der Waals surface area contributed by atoms with Crippen molar-refractivity contribution in [3.8, 4) is 11.6 Å². The fraction of sp³-hybridized carbons (Fsp3) is 0.267. The molecule has 0 atom stereocenters. The monoisotopic (exact) mass is 294 g/mol. The van der Waals surface area contributed by atoms with E-state index in [1.165, 1.54) is 12.1 Å². The number of hydrogen-bond acceptors (Lipinski definition) is 3. The van der Waals surface area contributed by atoms with Crippen molar-refractivity contribution in [1.29, 1.82) is 0 Å². The maximum Gasteiger partial charge on any atom is 0.219 e. The summed E-state index contributed by atoms with van der Waals surface area (Å²) in [5, 5.41) is 3.81. The Bertz CT molecular complexity index is 578. The van der Waals surface area contributed by atoms with Crippen molar-refractivity contribution in [1.82, 2.24) is 10.3 Å². The summed E-state index contributed by atoms with van der Waals surface area (Å²) in [5.74, 6) is 0.460. The van der Waals surface area contributed by atoms with Crippen molar-refractivity contribution in [3.05, 3.63) is 52.9 Å². The molecule has 2 aromatic rings. The predicted octanol–water partition coefficient (Wildman–Crippen LogP) is 4.17. The Hall–Kier alpha value is -1.65. The molecular weight excluding hydrogens is 279 g/mol. The Morgan fingerprint density at radius 3 is 2.90 bits per heavy atom. The summed E-state index contributed by atoms with van der Waals surface area (Å²) in [4.78, 5) is 4.33. The van der Waals surface area contributed by atoms with Gasteiger partial charge in [0.05, 0.1) is 10.7 Å². The highest BCUT2D eigenvalue weighted by Gasteiger charge is 2.06. The highest BCUT2D eigenvalue weighted by Crippen LogP contribution is 2.23. The van der Waals surface area contributed by atoms with Crippen LogP contribution in [0.5, 0.6) is 11.6 Å². The van der Waals surface area contributed by atoms with E-state index in [1.807, 2.05) is 0 Å². The fourth-order valence-corrected chi connectivity index (χ4v) is 1.85. The van der Waals surface area contributed by atoms with Crippen LogP contribution in [0, 0.1) is 5.82 Å². The van der Waals surface area contributed by atoms with E-state index < -0.39 is 0 Å². The lowest BCUT2D eigenvalue weighted by Crippen LogP contribution is -2.15. The Balaban J connectivity index is 2.10. The number of pyridine rings is 1. The second kappa shape index (κ2) is 7.22. The Kier molecular flexibility index (Phi) is 5.32. The normalized spacial score (nSPS) is 10.6. The molecule has 0 spiro atoms. The molecule has 0 saturated heterocycles. The number of aromatic nitrogens is 1. The van der Waals surface area contributed by atoms with Crippen molar-refractivity contribution >= 4 is 11.6 Å². The van der Waals surface area contributed by atoms with E-state index in [1.54, 1.807) is 24.3 Å². The zero-order chi connectivity index (χ0) is 14.4. The summed E-state index contributed by atoms with van der Waals surface area (Å²) < 4.78 is 18.6. The lowest BCUT2D eigenvalue weighted by atomic mass is 10.3. The van der Waals surface area contributed by atoms with Crippen LogP contribution in [0.2, 0.25) is 5.02 Å². The first-order chi connectivity index (χ1) is 9.69. The van der Waals surface area contributed by atoms with Crippen molar-refractivity contribution in [2.24, 2.45) is 0 Å². The van der Waals surface area contributed by atoms with Crippen LogP contribution in [-0.4, -0.2) is 11.5 Å². The van der Waals surface area contributed by atoms with Crippen LogP contribution in [0.3, 0.4) is 0 Å². The van der Waals surface area contributed by atoms with Gasteiger partial charge in [-0.25, -0.2) is 9.37 Å². The second-order valence-corrected chi connectivity index (χ2v) is 4.72. The number of hydrogen-bond donors (Lipinski definition) is 1. The van der Waals surface area contributed by atoms with Gasteiger partial charge in [0.25, 0.3) is 0 Å². The van der Waals surface area contributed by atoms with E-state index in [4.69, 9.17) is 16.3 Å². The molecular formula is C15H16ClFN2O. The maximum absolute atomic E-state index is 13.1. The number of rotatable bonds is 6. The summed E-state index contributed by atoms with van der Waals surface area (Å²) in [7, 11) is 0. The molecule has 1 N–H and O–H groups in total. The van der Waals surface area contributed by atoms with E-state index in [0.29, 0.717) is 28.9 Å². The molecule has 0 fully saturated rings. The third-order valence-corrected chi connectivity index (χ3v) is 2.97. The Morgan fingerprint density at radius 2 is 2.15 bits per heavy atom. The number of benzene rings is 1. The van der Waals surface area contributed by atoms with Crippen molar-refractivity contribution in [2.75, 3.05) is 6.54 Å². The molecule has 1 aromatic heterocycles. The zero-order valence-electron chi connectivity index (χ0n) is 11.2. The minimum absolute atomic E-state index is 0.346. The van der Waals surface area contributed by atoms with Crippen LogP contribution in [0.4, 0.5) is 4.39 Å². The molecule has 0 aliphatic heterocycles. The SMILES string of the molecule is CCCNCc1nc(Oc2cccc(F)c2)ccc1Cl. The molecule has 0 radical (unpaired) electrons. The predicted molar refractivity (Wildman–Crippen MR) is 77.7 cm³/mol. The molecule has 0 aliphatic rings. The Labute approximate surface area is 122 Å². The topological polar surface area (TPSA) is 34.2 Å². The van der Waals surface area contributed by atoms with Gasteiger partial charge in [0.15, 0.2) is 0 Å². The van der Waals surface area contributed by atoms with Crippen LogP contribution < -0.4 is 10.1 Å². The molecule has 2 rings (SSSR count). The van der Waals surface area contributed by atoms with Gasteiger partial charge in [0.1, 0.15) is 11.6 Å². The lowest BCUT2D eigenvalue weighted by molar-refractivity contribution is 0.455. The van der Waals surface area contributed by atoms with E-state index in [9.17, 15) is 4.39 Å². The summed E-state index contributed by atoms with van der Waals surface area (Å²) in [6.07, 6.45) is 1.04. The number of ether oxygens (including phenoxy) is 1. The average Bonchev–Trinajstić information content (AvgIpc) is 2.42. The van der Waals surface area contributed by atoms with Gasteiger partial charge in [0.2, 0.25) is 5.88 Å². The summed E-state index contributed by atoms with van der Waals surface area (Å²) >= 11 is 6.09. The molecule has 0 saturated carbocycles. The van der Waals surface area contributed by atoms with Gasteiger partial charge in [-0.1, -0.05) is 24.6 Å². The average molecular weight is 295 g/mol. The van der Waals surface area contributed by atoms with E-state index in [-0.39, 0.29) is 5.82 Å². The van der Waals surface area contributed by atoms with Gasteiger partial charge in [0, 0.05) is 18.7 Å². The van der Waals surface area contributed by atoms with Gasteiger partial charge in [-0.3, -0.25) is 0 Å². The maximum atomic E-state index is 13.1. The van der Waals surface area contributed by atoms with Gasteiger partial charge in [-0.05, 0) is 31.2 Å². The molecule has 1 aromatic carbocycles. The van der Waals surface area contributed by atoms with Crippen LogP contribution in [0.25, 0.3) is 0 Å². The van der Waals surface area contributed by atoms with Crippen molar-refractivity contribution in [2.45, 2.75) is 19.9 Å². The highest BCUT2D eigenvalue weighted by atomic mass is 35.5. The summed E-state index contributed by atoms with van der Waals surface area (Å²) in [6.45, 7) is 3.56. The summed E-state index contributed by atoms with van der Waals surface area (Å²) in [6, 6.07) is 9.33. The third kappa shape index (κ3) is 4.18. The molecule has 0 amide bonds. The Morgan fingerprint density at radius 1 is 1.30 bits per heavy atom. The van der Waals surface area contributed by atoms with Gasteiger partial charge in [-0.2, -0.15) is 0 Å². The highest BCUT2D eigenvalue weighted by molar-refractivity contribution is 6.31. The second-order valence-electron chi connectivity index (χ2n) is 4.31. The quantitative estimate of drug-likeness (QED) is 0.812. The van der Waals surface area contributed by atoms with E-state index in [0.717, 1.165) is 13.0 Å². The van der Waals surface area contributed by atoms with Gasteiger partial charge in [-0.15, -0.1) is 0 Å². The molecule has 5 heteroatoms. The first-order valence-electron chi connectivity index (χ1n) is 6.48. The van der Waals surface area contributed by atoms with Crippen molar-refractivity contribution in [3.63, 3.8) is 0 Å². The standard InChI is InChI=1S/C15H16ClFN2O/c1-2-8-18-10-14-13(16)6-7-15(19-14)20-12-5-3-4-11(17)9-12/h3-7,9,18H,2,8,10H2,1H3. The molecule has 0 aliphatic carbocycles. The summed E-state index contributed by atoms with van der Waals surface area (Å²) in [5.41, 5.74) is 0.717. The van der Waals surface area contributed by atoms with Gasteiger partial charge >= 0.3 is 0 Å². The largest absolute Gasteiger partial charge is 0.439 e. The fourth-order valence-electron chi connectivity index (χ4n) is 1.68. The third-order valence-electron chi connectivity index (χ3n) is 2.63. The van der Waals surface area contributed by atoms with Crippen LogP contribution >= 0.6 is 11.6 Å². The minimum atomic E-state index is -0.346. The van der Waals surface area contributed by atoms with Crippen LogP contribution in [0.1, 0.15) is 19.0 Å². The van der Waals surface area contributed by atoms with Crippen LogP contribution in [0.15, 0.2) is 36.4 Å². The number of nitrogens with zero attached hydrogens (tertiary/aromatic N) is 1. The first kappa shape index (κ1) is 14.8. The first-order valence-corrected chi connectivity index (χ1v) is 6.86. The number of nitrogens with one attached hydrogen (secondary N) is 1. The smallest absolute Gasteiger partial charge is 0.219 e. The molecule has 1 heterocycles. The van der Waals surface area contributed by atoms with E-state index in [2.05, 4.69) is 17.2 Å². The zero-order valence-corrected chi connectivity index (χ0v) is 12.0. The van der Waals surface area contributed by atoms with Crippen molar-refractivity contribution < 1.29 is 9.13 Å². The molecule has 0 unspecified atom stereocenters. The molecule has 106 valence electrons. The minimum Gasteiger partial charge on any atom is -0.439 e. The molecule has 3 nitrogen and oxygen atoms in total. The number of halogens is 2. The van der Waals surface area contributed by atoms with Crippen LogP contribution in [-0.2, 0) is 6.54 Å². The molecule has 0 bridgehead atoms. The van der Waals surface area contributed by atoms with E-state index >= 15 is 0 Å². The molecule has 20 heavy (non-hydrogen) atoms. The lowest BCUT2D eigenvalue weighted by Gasteiger charge is -2.09.